The number of amides is 1. The second kappa shape index (κ2) is 2.14. The first-order valence-electron chi connectivity index (χ1n) is 2.43. The lowest BCUT2D eigenvalue weighted by Gasteiger charge is -1.85. The molecule has 5 nitrogen and oxygen atoms in total. The third kappa shape index (κ3) is 1.01. The zero-order valence-corrected chi connectivity index (χ0v) is 5.81. The number of aromatic nitrogens is 1. The van der Waals surface area contributed by atoms with Crippen molar-refractivity contribution < 1.29 is 4.79 Å². The highest BCUT2D eigenvalue weighted by Gasteiger charge is 2.10. The van der Waals surface area contributed by atoms with Crippen molar-refractivity contribution in [1.29, 1.82) is 0 Å². The van der Waals surface area contributed by atoms with E-state index in [4.69, 9.17) is 17.2 Å². The maximum atomic E-state index is 10.5. The van der Waals surface area contributed by atoms with E-state index < -0.39 is 5.91 Å². The summed E-state index contributed by atoms with van der Waals surface area (Å²) in [6.45, 7) is 0. The van der Waals surface area contributed by atoms with Crippen LogP contribution in [0.4, 0.5) is 10.1 Å². The normalized spacial score (nSPS) is 9.60. The monoisotopic (exact) mass is 158 g/mol. The third-order valence-electron chi connectivity index (χ3n) is 0.903. The molecule has 54 valence electrons. The Balaban J connectivity index is 3.15. The van der Waals surface area contributed by atoms with E-state index >= 15 is 0 Å². The van der Waals surface area contributed by atoms with Crippen LogP contribution in [0, 0.1) is 0 Å². The van der Waals surface area contributed by atoms with E-state index in [1.165, 1.54) is 0 Å². The average molecular weight is 158 g/mol. The van der Waals surface area contributed by atoms with Crippen LogP contribution in [-0.4, -0.2) is 10.9 Å². The quantitative estimate of drug-likeness (QED) is 0.507. The number of primary amides is 1. The Bertz CT molecular complexity index is 268. The van der Waals surface area contributed by atoms with Gasteiger partial charge in [-0.3, -0.25) is 4.79 Å². The Labute approximate surface area is 60.8 Å². The van der Waals surface area contributed by atoms with E-state index in [1.807, 2.05) is 0 Å². The van der Waals surface area contributed by atoms with Crippen LogP contribution >= 0.6 is 11.3 Å². The van der Waals surface area contributed by atoms with Crippen molar-refractivity contribution in [1.82, 2.24) is 4.98 Å². The number of nitrogens with two attached hydrogens (primary N) is 3. The second-order valence-electron chi connectivity index (χ2n) is 1.63. The topological polar surface area (TPSA) is 108 Å². The molecule has 0 unspecified atom stereocenters. The van der Waals surface area contributed by atoms with Crippen molar-refractivity contribution in [2.75, 3.05) is 11.5 Å². The molecule has 1 aromatic rings. The van der Waals surface area contributed by atoms with Gasteiger partial charge in [-0.25, -0.2) is 4.98 Å². The molecular formula is C4H6N4OS. The maximum Gasteiger partial charge on any atom is 0.270 e. The number of anilines is 2. The van der Waals surface area contributed by atoms with Gasteiger partial charge in [-0.05, 0) is 0 Å². The summed E-state index contributed by atoms with van der Waals surface area (Å²) >= 11 is 1.04. The summed E-state index contributed by atoms with van der Waals surface area (Å²) in [5.41, 5.74) is 15.5. The lowest BCUT2D eigenvalue weighted by Crippen LogP contribution is -2.13. The van der Waals surface area contributed by atoms with Crippen molar-refractivity contribution >= 4 is 27.4 Å². The molecule has 1 rings (SSSR count). The SMILES string of the molecule is NC(=O)c1nc(N)sc1N. The average Bonchev–Trinajstić information content (AvgIpc) is 2.10. The van der Waals surface area contributed by atoms with Crippen molar-refractivity contribution in [3.63, 3.8) is 0 Å². The largest absolute Gasteiger partial charge is 0.389 e. The molecule has 0 spiro atoms. The minimum absolute atomic E-state index is 0.0579. The van der Waals surface area contributed by atoms with E-state index in [-0.39, 0.29) is 15.8 Å². The van der Waals surface area contributed by atoms with Crippen LogP contribution in [0.2, 0.25) is 0 Å². The number of nitrogen functional groups attached to an aromatic ring is 2. The summed E-state index contributed by atoms with van der Waals surface area (Å²) in [6.07, 6.45) is 0. The second-order valence-corrected chi connectivity index (χ2v) is 2.69. The zero-order valence-electron chi connectivity index (χ0n) is 5.00. The molecule has 6 heteroatoms. The molecule has 1 amide bonds. The standard InChI is InChI=1S/C4H6N4OS/c5-2(9)1-3(6)10-4(7)8-1/h6H2,(H2,5,9)(H2,7,8). The molecule has 10 heavy (non-hydrogen) atoms. The minimum Gasteiger partial charge on any atom is -0.389 e. The molecule has 0 bridgehead atoms. The molecule has 0 fully saturated rings. The van der Waals surface area contributed by atoms with Gasteiger partial charge in [0, 0.05) is 0 Å². The van der Waals surface area contributed by atoms with Crippen molar-refractivity contribution in [2.24, 2.45) is 5.73 Å². The van der Waals surface area contributed by atoms with Crippen LogP contribution in [-0.2, 0) is 0 Å². The molecule has 1 aromatic heterocycles. The van der Waals surface area contributed by atoms with Gasteiger partial charge < -0.3 is 17.2 Å². The first-order chi connectivity index (χ1) is 4.61. The lowest BCUT2D eigenvalue weighted by molar-refractivity contribution is 0.0997. The number of carbonyl (C=O) groups excluding carboxylic acids is 1. The highest BCUT2D eigenvalue weighted by molar-refractivity contribution is 7.19. The van der Waals surface area contributed by atoms with Crippen molar-refractivity contribution in [3.05, 3.63) is 5.69 Å². The van der Waals surface area contributed by atoms with Gasteiger partial charge in [-0.1, -0.05) is 11.3 Å². The molecule has 0 radical (unpaired) electrons. The van der Waals surface area contributed by atoms with Gasteiger partial charge in [-0.15, -0.1) is 0 Å². The molecule has 1 heterocycles. The number of nitrogens with zero attached hydrogens (tertiary/aromatic N) is 1. The Morgan fingerprint density at radius 2 is 2.10 bits per heavy atom. The highest BCUT2D eigenvalue weighted by Crippen LogP contribution is 2.21. The Kier molecular flexibility index (Phi) is 1.46. The Hall–Kier alpha value is -1.30. The molecule has 0 saturated heterocycles. The number of hydrogen-bond acceptors (Lipinski definition) is 5. The molecule has 0 aliphatic rings. The van der Waals surface area contributed by atoms with E-state index in [9.17, 15) is 4.79 Å². The Morgan fingerprint density at radius 1 is 1.50 bits per heavy atom. The summed E-state index contributed by atoms with van der Waals surface area (Å²) in [6, 6.07) is 0. The summed E-state index contributed by atoms with van der Waals surface area (Å²) in [7, 11) is 0. The Morgan fingerprint density at radius 3 is 2.30 bits per heavy atom. The van der Waals surface area contributed by atoms with Gasteiger partial charge in [0.25, 0.3) is 5.91 Å². The maximum absolute atomic E-state index is 10.5. The van der Waals surface area contributed by atoms with Gasteiger partial charge in [0.05, 0.1) is 0 Å². The fraction of sp³-hybridized carbons (Fsp3) is 0. The number of rotatable bonds is 1. The van der Waals surface area contributed by atoms with E-state index in [1.54, 1.807) is 0 Å². The van der Waals surface area contributed by atoms with Gasteiger partial charge in [0.2, 0.25) is 0 Å². The molecule has 6 N–H and O–H groups in total. The summed E-state index contributed by atoms with van der Waals surface area (Å²) in [5.74, 6) is -0.648. The fourth-order valence-corrected chi connectivity index (χ4v) is 1.13. The lowest BCUT2D eigenvalue weighted by atomic mass is 10.4. The van der Waals surface area contributed by atoms with Crippen LogP contribution in [0.5, 0.6) is 0 Å². The predicted molar refractivity (Wildman–Crippen MR) is 39.5 cm³/mol. The van der Waals surface area contributed by atoms with Gasteiger partial charge >= 0.3 is 0 Å². The number of carbonyl (C=O) groups is 1. The number of thiazole rings is 1. The van der Waals surface area contributed by atoms with Crippen LogP contribution in [0.1, 0.15) is 10.5 Å². The highest BCUT2D eigenvalue weighted by atomic mass is 32.1. The first kappa shape index (κ1) is 6.81. The van der Waals surface area contributed by atoms with Gasteiger partial charge in [0.15, 0.2) is 10.8 Å². The minimum atomic E-state index is -0.648. The molecule has 0 saturated carbocycles. The number of hydrogen-bond donors (Lipinski definition) is 3. The molecule has 0 aliphatic carbocycles. The summed E-state index contributed by atoms with van der Waals surface area (Å²) in [5, 5.41) is 0.524. The van der Waals surface area contributed by atoms with Crippen molar-refractivity contribution in [3.8, 4) is 0 Å². The zero-order chi connectivity index (χ0) is 7.72. The first-order valence-corrected chi connectivity index (χ1v) is 3.24. The van der Waals surface area contributed by atoms with Crippen LogP contribution in [0.15, 0.2) is 0 Å². The van der Waals surface area contributed by atoms with Crippen LogP contribution in [0.3, 0.4) is 0 Å². The predicted octanol–water partition coefficient (Wildman–Crippen LogP) is -0.594. The molecule has 0 atom stereocenters. The van der Waals surface area contributed by atoms with Crippen LogP contribution < -0.4 is 17.2 Å². The van der Waals surface area contributed by atoms with E-state index in [0.29, 0.717) is 0 Å². The fourth-order valence-electron chi connectivity index (χ4n) is 0.526. The van der Waals surface area contributed by atoms with Crippen LogP contribution in [0.25, 0.3) is 0 Å². The van der Waals surface area contributed by atoms with Gasteiger partial charge in [-0.2, -0.15) is 0 Å². The van der Waals surface area contributed by atoms with Gasteiger partial charge in [0.1, 0.15) is 5.00 Å². The van der Waals surface area contributed by atoms with E-state index in [0.717, 1.165) is 11.3 Å². The summed E-state index contributed by atoms with van der Waals surface area (Å²) in [4.78, 5) is 14.1. The van der Waals surface area contributed by atoms with Crippen molar-refractivity contribution in [2.45, 2.75) is 0 Å². The third-order valence-corrected chi connectivity index (χ3v) is 1.62. The smallest absolute Gasteiger partial charge is 0.270 e. The van der Waals surface area contributed by atoms with E-state index in [2.05, 4.69) is 4.98 Å². The summed E-state index contributed by atoms with van der Waals surface area (Å²) < 4.78 is 0. The molecule has 0 aromatic carbocycles. The molecular weight excluding hydrogens is 152 g/mol. The molecule has 0 aliphatic heterocycles.